The maximum atomic E-state index is 12.4. The average molecular weight is 598 g/mol. The highest BCUT2D eigenvalue weighted by Gasteiger charge is 2.36. The third-order valence-electron chi connectivity index (χ3n) is 8.86. The fourth-order valence-electron chi connectivity index (χ4n) is 6.62. The molecule has 5 heterocycles. The zero-order valence-corrected chi connectivity index (χ0v) is 24.6. The summed E-state index contributed by atoms with van der Waals surface area (Å²) in [6, 6.07) is 26.5. The lowest BCUT2D eigenvalue weighted by atomic mass is 10.1. The molecule has 224 valence electrons. The number of nitrogens with zero attached hydrogens (tertiary/aromatic N) is 6. The fraction of sp³-hybridized carbons (Fsp3) is 0.229. The molecule has 1 fully saturated rings. The Balaban J connectivity index is 1.08. The highest BCUT2D eigenvalue weighted by molar-refractivity contribution is 5.84. The van der Waals surface area contributed by atoms with Gasteiger partial charge in [-0.2, -0.15) is 0 Å². The Labute approximate surface area is 259 Å². The molecule has 3 aromatic carbocycles. The first-order chi connectivity index (χ1) is 22.0. The minimum atomic E-state index is -0.488. The van der Waals surface area contributed by atoms with Gasteiger partial charge in [-0.3, -0.25) is 19.1 Å². The molecule has 2 N–H and O–H groups in total. The van der Waals surface area contributed by atoms with Gasteiger partial charge in [-0.1, -0.05) is 42.5 Å². The van der Waals surface area contributed by atoms with Crippen molar-refractivity contribution in [1.29, 1.82) is 0 Å². The van der Waals surface area contributed by atoms with E-state index in [0.717, 1.165) is 72.7 Å². The predicted octanol–water partition coefficient (Wildman–Crippen LogP) is 4.19. The number of ether oxygens (including phenoxy) is 1. The molecule has 8 rings (SSSR count). The maximum absolute atomic E-state index is 12.4. The van der Waals surface area contributed by atoms with Crippen molar-refractivity contribution in [1.82, 2.24) is 24.4 Å². The van der Waals surface area contributed by atoms with Crippen molar-refractivity contribution in [3.05, 3.63) is 111 Å². The van der Waals surface area contributed by atoms with E-state index in [9.17, 15) is 9.59 Å². The number of nitrogens with two attached hydrogens (primary N) is 1. The number of nitrogen functional groups attached to an aromatic ring is 1. The molecule has 0 amide bonds. The van der Waals surface area contributed by atoms with Crippen molar-refractivity contribution in [2.75, 3.05) is 36.9 Å². The number of pyridine rings is 2. The standard InChI is InChI=1S/C35H31N7O3/c36-33-26(8-4-16-37-33)34-39-28-14-13-27(23-6-2-1-3-7-23)38-35(28)42(34)24-11-9-22(10-12-24)20-40-18-15-25(21-40)41-17-5-19-45-32-29(41)30(43)31(32)44/h1-4,6-14,16,25H,5,15,17-21H2,(H2,36,37). The summed E-state index contributed by atoms with van der Waals surface area (Å²) in [7, 11) is 0. The van der Waals surface area contributed by atoms with Crippen molar-refractivity contribution in [3.63, 3.8) is 0 Å². The Hall–Kier alpha value is -5.35. The van der Waals surface area contributed by atoms with Crippen LogP contribution < -0.4 is 26.2 Å². The quantitative estimate of drug-likeness (QED) is 0.282. The van der Waals surface area contributed by atoms with Crippen LogP contribution >= 0.6 is 0 Å². The van der Waals surface area contributed by atoms with Crippen LogP contribution in [0, 0.1) is 0 Å². The Morgan fingerprint density at radius 1 is 0.889 bits per heavy atom. The normalized spacial score (nSPS) is 17.0. The molecule has 0 aliphatic carbocycles. The molecule has 6 aromatic rings. The molecule has 2 aliphatic heterocycles. The highest BCUT2D eigenvalue weighted by Crippen LogP contribution is 2.33. The predicted molar refractivity (Wildman–Crippen MR) is 174 cm³/mol. The summed E-state index contributed by atoms with van der Waals surface area (Å²) in [5.41, 5.74) is 12.2. The molecule has 10 nitrogen and oxygen atoms in total. The van der Waals surface area contributed by atoms with E-state index < -0.39 is 10.9 Å². The molecule has 0 saturated carbocycles. The van der Waals surface area contributed by atoms with Crippen molar-refractivity contribution < 1.29 is 4.74 Å². The van der Waals surface area contributed by atoms with E-state index in [0.29, 0.717) is 23.9 Å². The zero-order chi connectivity index (χ0) is 30.5. The lowest BCUT2D eigenvalue weighted by molar-refractivity contribution is 0.316. The minimum Gasteiger partial charge on any atom is -0.487 e. The summed E-state index contributed by atoms with van der Waals surface area (Å²) >= 11 is 0. The number of hydrogen-bond donors (Lipinski definition) is 1. The Morgan fingerprint density at radius 3 is 2.56 bits per heavy atom. The third kappa shape index (κ3) is 4.74. The van der Waals surface area contributed by atoms with Crippen molar-refractivity contribution in [2.24, 2.45) is 0 Å². The van der Waals surface area contributed by atoms with Crippen molar-refractivity contribution in [2.45, 2.75) is 25.4 Å². The molecule has 1 unspecified atom stereocenters. The number of fused-ring (bicyclic) bond motifs is 2. The van der Waals surface area contributed by atoms with Gasteiger partial charge < -0.3 is 15.4 Å². The fourth-order valence-corrected chi connectivity index (χ4v) is 6.62. The highest BCUT2D eigenvalue weighted by atomic mass is 16.5. The van der Waals surface area contributed by atoms with Crippen LogP contribution in [0.2, 0.25) is 0 Å². The van der Waals surface area contributed by atoms with Gasteiger partial charge >= 0.3 is 0 Å². The Morgan fingerprint density at radius 2 is 1.73 bits per heavy atom. The molecule has 1 atom stereocenters. The van der Waals surface area contributed by atoms with Gasteiger partial charge in [0.05, 0.1) is 17.9 Å². The lowest BCUT2D eigenvalue weighted by Crippen LogP contribution is -2.46. The molecule has 3 aromatic heterocycles. The van der Waals surface area contributed by atoms with Gasteiger partial charge in [0.15, 0.2) is 17.2 Å². The monoisotopic (exact) mass is 597 g/mol. The van der Waals surface area contributed by atoms with E-state index in [2.05, 4.69) is 43.6 Å². The number of imidazole rings is 1. The van der Waals surface area contributed by atoms with Gasteiger partial charge in [0.1, 0.15) is 17.0 Å². The first kappa shape index (κ1) is 27.2. The van der Waals surface area contributed by atoms with Crippen LogP contribution in [0.3, 0.4) is 0 Å². The van der Waals surface area contributed by atoms with Crippen molar-refractivity contribution in [3.8, 4) is 34.1 Å². The average Bonchev–Trinajstić information content (AvgIpc) is 3.64. The van der Waals surface area contributed by atoms with Crippen LogP contribution in [-0.4, -0.2) is 56.7 Å². The Kier molecular flexibility index (Phi) is 6.64. The lowest BCUT2D eigenvalue weighted by Gasteiger charge is -2.30. The second kappa shape index (κ2) is 11.0. The van der Waals surface area contributed by atoms with Crippen LogP contribution in [0.5, 0.6) is 5.75 Å². The molecule has 0 spiro atoms. The maximum Gasteiger partial charge on any atom is 0.272 e. The van der Waals surface area contributed by atoms with E-state index >= 15 is 0 Å². The van der Waals surface area contributed by atoms with E-state index in [1.54, 1.807) is 6.20 Å². The summed E-state index contributed by atoms with van der Waals surface area (Å²) in [4.78, 5) is 43.2. The number of rotatable bonds is 6. The van der Waals surface area contributed by atoms with Crippen LogP contribution in [0.15, 0.2) is 94.6 Å². The number of likely N-dealkylation sites (tertiary alicyclic amines) is 1. The SMILES string of the molecule is Nc1ncccc1-c1nc2ccc(-c3ccccc3)nc2n1-c1ccc(CN2CCC(N3CCCOc4c3c(=O)c4=O)C2)cc1. The molecular formula is C35H31N7O3. The summed E-state index contributed by atoms with van der Waals surface area (Å²) in [6.07, 6.45) is 3.40. The molecule has 0 radical (unpaired) electrons. The van der Waals surface area contributed by atoms with E-state index in [1.807, 2.05) is 54.6 Å². The molecule has 2 aliphatic rings. The topological polar surface area (TPSA) is 119 Å². The van der Waals surface area contributed by atoms with Crippen molar-refractivity contribution >= 4 is 22.7 Å². The minimum absolute atomic E-state index is 0.183. The van der Waals surface area contributed by atoms with Gasteiger partial charge in [-0.25, -0.2) is 15.0 Å². The smallest absolute Gasteiger partial charge is 0.272 e. The van der Waals surface area contributed by atoms with Gasteiger partial charge in [0.2, 0.25) is 0 Å². The summed E-state index contributed by atoms with van der Waals surface area (Å²) in [6.45, 7) is 3.72. The summed E-state index contributed by atoms with van der Waals surface area (Å²) in [5.74, 6) is 1.35. The molecule has 1 saturated heterocycles. The molecule has 45 heavy (non-hydrogen) atoms. The summed E-state index contributed by atoms with van der Waals surface area (Å²) < 4.78 is 7.62. The van der Waals surface area contributed by atoms with Gasteiger partial charge in [-0.15, -0.1) is 0 Å². The molecule has 0 bridgehead atoms. The van der Waals surface area contributed by atoms with Gasteiger partial charge in [0.25, 0.3) is 10.9 Å². The largest absolute Gasteiger partial charge is 0.487 e. The van der Waals surface area contributed by atoms with Gasteiger partial charge in [-0.05, 0) is 54.8 Å². The molecular weight excluding hydrogens is 566 g/mol. The number of hydrogen-bond acceptors (Lipinski definition) is 9. The summed E-state index contributed by atoms with van der Waals surface area (Å²) in [5, 5.41) is 0. The first-order valence-electron chi connectivity index (χ1n) is 15.3. The second-order valence-electron chi connectivity index (χ2n) is 11.7. The van der Waals surface area contributed by atoms with Gasteiger partial charge in [0, 0.05) is 49.7 Å². The van der Waals surface area contributed by atoms with E-state index in [1.165, 1.54) is 5.56 Å². The number of anilines is 2. The Bertz CT molecular complexity index is 2100. The van der Waals surface area contributed by atoms with E-state index in [-0.39, 0.29) is 11.8 Å². The second-order valence-corrected chi connectivity index (χ2v) is 11.7. The zero-order valence-electron chi connectivity index (χ0n) is 24.6. The van der Waals surface area contributed by atoms with Crippen LogP contribution in [0.4, 0.5) is 11.5 Å². The first-order valence-corrected chi connectivity index (χ1v) is 15.3. The molecule has 10 heteroatoms. The number of benzene rings is 2. The van der Waals surface area contributed by atoms with Crippen LogP contribution in [-0.2, 0) is 6.54 Å². The number of aromatic nitrogens is 4. The van der Waals surface area contributed by atoms with E-state index in [4.69, 9.17) is 20.4 Å². The van der Waals surface area contributed by atoms with Crippen LogP contribution in [0.1, 0.15) is 18.4 Å². The third-order valence-corrected chi connectivity index (χ3v) is 8.86. The van der Waals surface area contributed by atoms with Crippen LogP contribution in [0.25, 0.3) is 39.5 Å².